The Balaban J connectivity index is 1.50. The van der Waals surface area contributed by atoms with Gasteiger partial charge < -0.3 is 9.64 Å². The molecule has 1 aliphatic heterocycles. The van der Waals surface area contributed by atoms with Gasteiger partial charge in [-0.25, -0.2) is 9.67 Å². The van der Waals surface area contributed by atoms with E-state index < -0.39 is 0 Å². The number of halogens is 1. The molecule has 0 unspecified atom stereocenters. The lowest BCUT2D eigenvalue weighted by Crippen LogP contribution is -2.47. The quantitative estimate of drug-likeness (QED) is 0.519. The summed E-state index contributed by atoms with van der Waals surface area (Å²) in [5, 5.41) is 5.54. The highest BCUT2D eigenvalue weighted by molar-refractivity contribution is 7.71. The minimum Gasteiger partial charge on any atom is -0.383 e. The highest BCUT2D eigenvalue weighted by atomic mass is 35.5. The van der Waals surface area contributed by atoms with Crippen LogP contribution in [0.3, 0.4) is 0 Å². The molecule has 0 radical (unpaired) electrons. The molecule has 2 aromatic heterocycles. The number of anilines is 1. The number of benzene rings is 1. The summed E-state index contributed by atoms with van der Waals surface area (Å²) in [5.41, 5.74) is 0.986. The van der Waals surface area contributed by atoms with Crippen LogP contribution in [0.15, 0.2) is 48.7 Å². The largest absolute Gasteiger partial charge is 0.383 e. The van der Waals surface area contributed by atoms with Crippen molar-refractivity contribution in [3.8, 4) is 11.4 Å². The monoisotopic (exact) mass is 444 g/mol. The molecule has 158 valence electrons. The van der Waals surface area contributed by atoms with Crippen LogP contribution in [0.2, 0.25) is 5.02 Å². The lowest BCUT2D eigenvalue weighted by Gasteiger charge is -2.35. The van der Waals surface area contributed by atoms with Crippen molar-refractivity contribution in [2.45, 2.75) is 13.2 Å². The molecule has 1 saturated heterocycles. The number of nitrogens with zero attached hydrogens (tertiary/aromatic N) is 6. The number of piperazine rings is 1. The number of methoxy groups -OCH3 is 1. The summed E-state index contributed by atoms with van der Waals surface area (Å²) in [6.07, 6.45) is 1.84. The van der Waals surface area contributed by atoms with Crippen molar-refractivity contribution >= 4 is 29.6 Å². The molecule has 7 nitrogen and oxygen atoms in total. The third kappa shape index (κ3) is 4.73. The molecule has 0 N–H and O–H groups in total. The van der Waals surface area contributed by atoms with Gasteiger partial charge in [-0.3, -0.25) is 9.47 Å². The van der Waals surface area contributed by atoms with Gasteiger partial charge in [0.1, 0.15) is 5.82 Å². The molecule has 3 heterocycles. The molecule has 1 fully saturated rings. The molecule has 0 amide bonds. The summed E-state index contributed by atoms with van der Waals surface area (Å²) in [4.78, 5) is 9.14. The van der Waals surface area contributed by atoms with Crippen molar-refractivity contribution in [2.75, 3.05) is 44.8 Å². The average molecular weight is 445 g/mol. The van der Waals surface area contributed by atoms with Gasteiger partial charge in [0.15, 0.2) is 10.6 Å². The Kier molecular flexibility index (Phi) is 6.79. The maximum Gasteiger partial charge on any atom is 0.199 e. The molecule has 9 heteroatoms. The van der Waals surface area contributed by atoms with E-state index in [0.717, 1.165) is 43.4 Å². The molecule has 3 aromatic rings. The Morgan fingerprint density at radius 3 is 2.50 bits per heavy atom. The first-order valence-electron chi connectivity index (χ1n) is 9.96. The molecule has 0 atom stereocenters. The van der Waals surface area contributed by atoms with Crippen LogP contribution in [-0.4, -0.2) is 64.1 Å². The predicted molar refractivity (Wildman–Crippen MR) is 121 cm³/mol. The summed E-state index contributed by atoms with van der Waals surface area (Å²) < 4.78 is 9.92. The number of hydrogen-bond donors (Lipinski definition) is 0. The zero-order valence-electron chi connectivity index (χ0n) is 16.9. The lowest BCUT2D eigenvalue weighted by molar-refractivity contribution is 0.183. The van der Waals surface area contributed by atoms with Gasteiger partial charge in [-0.05, 0) is 48.6 Å². The summed E-state index contributed by atoms with van der Waals surface area (Å²) in [5.74, 6) is 1.86. The second-order valence-corrected chi connectivity index (χ2v) is 7.99. The van der Waals surface area contributed by atoms with Gasteiger partial charge in [0.2, 0.25) is 0 Å². The van der Waals surface area contributed by atoms with E-state index in [-0.39, 0.29) is 0 Å². The van der Waals surface area contributed by atoms with Gasteiger partial charge in [-0.15, -0.1) is 0 Å². The van der Waals surface area contributed by atoms with Crippen LogP contribution in [0.1, 0.15) is 0 Å². The van der Waals surface area contributed by atoms with E-state index in [4.69, 9.17) is 33.7 Å². The van der Waals surface area contributed by atoms with Crippen molar-refractivity contribution in [3.05, 3.63) is 58.5 Å². The van der Waals surface area contributed by atoms with Gasteiger partial charge in [0, 0.05) is 50.1 Å². The molecule has 30 heavy (non-hydrogen) atoms. The molecule has 0 aliphatic carbocycles. The normalized spacial score (nSPS) is 14.9. The Bertz CT molecular complexity index is 1010. The van der Waals surface area contributed by atoms with E-state index >= 15 is 0 Å². The molecule has 0 saturated carbocycles. The average Bonchev–Trinajstić information content (AvgIpc) is 3.09. The Hall–Kier alpha value is -2.26. The van der Waals surface area contributed by atoms with Crippen LogP contribution in [0, 0.1) is 4.77 Å². The molecular weight excluding hydrogens is 420 g/mol. The summed E-state index contributed by atoms with van der Waals surface area (Å²) in [6.45, 7) is 5.61. The van der Waals surface area contributed by atoms with Crippen LogP contribution in [-0.2, 0) is 18.0 Å². The van der Waals surface area contributed by atoms with Crippen LogP contribution in [0.4, 0.5) is 5.82 Å². The predicted octanol–water partition coefficient (Wildman–Crippen LogP) is 3.56. The van der Waals surface area contributed by atoms with E-state index in [1.54, 1.807) is 7.11 Å². The molecule has 4 rings (SSSR count). The first kappa shape index (κ1) is 21.0. The van der Waals surface area contributed by atoms with E-state index in [9.17, 15) is 0 Å². The number of hydrogen-bond acceptors (Lipinski definition) is 6. The fourth-order valence-electron chi connectivity index (χ4n) is 3.58. The van der Waals surface area contributed by atoms with Gasteiger partial charge in [0.25, 0.3) is 0 Å². The highest BCUT2D eigenvalue weighted by Gasteiger charge is 2.20. The molecular formula is C21H25ClN6OS. The smallest absolute Gasteiger partial charge is 0.199 e. The van der Waals surface area contributed by atoms with Crippen LogP contribution in [0.25, 0.3) is 11.4 Å². The van der Waals surface area contributed by atoms with Crippen molar-refractivity contribution in [3.63, 3.8) is 0 Å². The fourth-order valence-corrected chi connectivity index (χ4v) is 3.98. The number of ether oxygens (including phenoxy) is 1. The standard InChI is InChI=1S/C21H25ClN6OS/c1-29-15-14-27-20(17-5-7-18(22)8-6-17)24-28(21(27)30)16-25-10-12-26(13-11-25)19-4-2-3-9-23-19/h2-9H,10-16H2,1H3. The third-order valence-electron chi connectivity index (χ3n) is 5.22. The second kappa shape index (κ2) is 9.70. The molecule has 1 aromatic carbocycles. The number of aromatic nitrogens is 4. The van der Waals surface area contributed by atoms with Gasteiger partial charge in [-0.1, -0.05) is 17.7 Å². The van der Waals surface area contributed by atoms with Gasteiger partial charge in [0.05, 0.1) is 19.8 Å². The van der Waals surface area contributed by atoms with Crippen molar-refractivity contribution in [1.29, 1.82) is 0 Å². The van der Waals surface area contributed by atoms with Crippen molar-refractivity contribution < 1.29 is 4.74 Å². The maximum absolute atomic E-state index is 6.06. The Labute approximate surface area is 186 Å². The van der Waals surface area contributed by atoms with Crippen LogP contribution in [0.5, 0.6) is 0 Å². The maximum atomic E-state index is 6.06. The zero-order valence-corrected chi connectivity index (χ0v) is 18.5. The molecule has 0 bridgehead atoms. The third-order valence-corrected chi connectivity index (χ3v) is 5.91. The van der Waals surface area contributed by atoms with Crippen molar-refractivity contribution in [1.82, 2.24) is 24.2 Å². The Morgan fingerprint density at radius 2 is 1.83 bits per heavy atom. The van der Waals surface area contributed by atoms with E-state index in [2.05, 4.69) is 20.9 Å². The second-order valence-electron chi connectivity index (χ2n) is 7.19. The van der Waals surface area contributed by atoms with E-state index in [1.165, 1.54) is 0 Å². The molecule has 1 aliphatic rings. The van der Waals surface area contributed by atoms with E-state index in [1.807, 2.05) is 51.8 Å². The van der Waals surface area contributed by atoms with Gasteiger partial charge >= 0.3 is 0 Å². The minimum atomic E-state index is 0.573. The van der Waals surface area contributed by atoms with Gasteiger partial charge in [-0.2, -0.15) is 5.10 Å². The van der Waals surface area contributed by atoms with Crippen molar-refractivity contribution in [2.24, 2.45) is 0 Å². The number of rotatable bonds is 7. The SMILES string of the molecule is COCCn1c(-c2ccc(Cl)cc2)nn(CN2CCN(c3ccccn3)CC2)c1=S. The summed E-state index contributed by atoms with van der Waals surface area (Å²) >= 11 is 11.8. The van der Waals surface area contributed by atoms with Crippen LogP contribution < -0.4 is 4.90 Å². The lowest BCUT2D eigenvalue weighted by atomic mass is 10.2. The highest BCUT2D eigenvalue weighted by Crippen LogP contribution is 2.21. The fraction of sp³-hybridized carbons (Fsp3) is 0.381. The minimum absolute atomic E-state index is 0.573. The van der Waals surface area contributed by atoms with E-state index in [0.29, 0.717) is 29.6 Å². The van der Waals surface area contributed by atoms with Crippen LogP contribution >= 0.6 is 23.8 Å². The first-order chi connectivity index (χ1) is 14.7. The summed E-state index contributed by atoms with van der Waals surface area (Å²) in [6, 6.07) is 13.7. The first-order valence-corrected chi connectivity index (χ1v) is 10.7. The summed E-state index contributed by atoms with van der Waals surface area (Å²) in [7, 11) is 1.69. The Morgan fingerprint density at radius 1 is 1.07 bits per heavy atom. The molecule has 0 spiro atoms. The topological polar surface area (TPSA) is 51.4 Å². The number of pyridine rings is 1. The zero-order chi connectivity index (χ0) is 20.9.